The van der Waals surface area contributed by atoms with Crippen molar-refractivity contribution in [3.63, 3.8) is 0 Å². The van der Waals surface area contributed by atoms with Crippen molar-refractivity contribution in [1.82, 2.24) is 19.9 Å². The van der Waals surface area contributed by atoms with Gasteiger partial charge in [-0.1, -0.05) is 20.8 Å². The second kappa shape index (κ2) is 3.71. The van der Waals surface area contributed by atoms with Crippen molar-refractivity contribution in [1.29, 1.82) is 0 Å². The van der Waals surface area contributed by atoms with Gasteiger partial charge in [-0.15, -0.1) is 0 Å². The summed E-state index contributed by atoms with van der Waals surface area (Å²) in [5, 5.41) is 0. The molecule has 0 spiro atoms. The largest absolute Gasteiger partial charge is 0.351 e. The molecule has 2 aromatic rings. The Bertz CT molecular complexity index is 661. The summed E-state index contributed by atoms with van der Waals surface area (Å²) in [4.78, 5) is 18.7. The van der Waals surface area contributed by atoms with Crippen LogP contribution in [0.4, 0.5) is 5.82 Å². The quantitative estimate of drug-likeness (QED) is 0.866. The Morgan fingerprint density at radius 1 is 1.20 bits per heavy atom. The number of nitrogens with one attached hydrogen (secondary N) is 1. The summed E-state index contributed by atoms with van der Waals surface area (Å²) in [6, 6.07) is 0.588. The molecule has 1 saturated heterocycles. The molecular weight excluding hydrogens is 250 g/mol. The van der Waals surface area contributed by atoms with Crippen molar-refractivity contribution in [3.05, 3.63) is 12.7 Å². The van der Waals surface area contributed by atoms with E-state index in [1.54, 1.807) is 12.7 Å². The SMILES string of the molecule is CC1(C)C[C@@H]2C[C@@](C)(CN2c2ncnc3nc[nH]c23)C1. The summed E-state index contributed by atoms with van der Waals surface area (Å²) in [5.41, 5.74) is 2.57. The van der Waals surface area contributed by atoms with Gasteiger partial charge in [0.05, 0.1) is 6.33 Å². The van der Waals surface area contributed by atoms with E-state index < -0.39 is 0 Å². The van der Waals surface area contributed by atoms with Crippen LogP contribution in [0.15, 0.2) is 12.7 Å². The fraction of sp³-hybridized carbons (Fsp3) is 0.667. The standard InChI is InChI=1S/C15H21N5/c1-14(2)4-10-5-15(3,6-14)7-20(10)13-11-12(17-8-16-11)18-9-19-13/h8-10H,4-7H2,1-3H3,(H,16,17,18,19)/t10-,15-/m1/s1. The van der Waals surface area contributed by atoms with Crippen LogP contribution in [0.5, 0.6) is 0 Å². The first kappa shape index (κ1) is 12.1. The van der Waals surface area contributed by atoms with Crippen LogP contribution < -0.4 is 4.90 Å². The van der Waals surface area contributed by atoms with E-state index in [4.69, 9.17) is 0 Å². The maximum absolute atomic E-state index is 4.54. The van der Waals surface area contributed by atoms with E-state index in [0.717, 1.165) is 23.5 Å². The van der Waals surface area contributed by atoms with E-state index in [-0.39, 0.29) is 0 Å². The summed E-state index contributed by atoms with van der Waals surface area (Å²) in [6.45, 7) is 8.30. The summed E-state index contributed by atoms with van der Waals surface area (Å²) in [7, 11) is 0. The van der Waals surface area contributed by atoms with Crippen molar-refractivity contribution < 1.29 is 0 Å². The molecule has 2 bridgehead atoms. The van der Waals surface area contributed by atoms with Gasteiger partial charge in [0.2, 0.25) is 0 Å². The number of H-pyrrole nitrogens is 1. The van der Waals surface area contributed by atoms with Gasteiger partial charge in [0.1, 0.15) is 11.8 Å². The molecule has 1 aliphatic heterocycles. The third-order valence-electron chi connectivity index (χ3n) is 4.89. The van der Waals surface area contributed by atoms with Crippen LogP contribution in [0.1, 0.15) is 40.0 Å². The molecule has 2 aliphatic rings. The highest BCUT2D eigenvalue weighted by atomic mass is 15.3. The minimum Gasteiger partial charge on any atom is -0.351 e. The van der Waals surface area contributed by atoms with E-state index in [1.807, 2.05) is 0 Å². The number of hydrogen-bond acceptors (Lipinski definition) is 4. The maximum atomic E-state index is 4.54. The molecule has 106 valence electrons. The zero-order valence-corrected chi connectivity index (χ0v) is 12.3. The fourth-order valence-corrected chi connectivity index (χ4v) is 4.68. The number of aromatic amines is 1. The lowest BCUT2D eigenvalue weighted by Gasteiger charge is -2.39. The Kier molecular flexibility index (Phi) is 2.25. The molecule has 1 saturated carbocycles. The number of hydrogen-bond donors (Lipinski definition) is 1. The molecule has 0 aromatic carbocycles. The second-order valence-electron chi connectivity index (χ2n) is 7.64. The number of aromatic nitrogens is 4. The average molecular weight is 271 g/mol. The summed E-state index contributed by atoms with van der Waals surface area (Å²) in [5.74, 6) is 1.03. The zero-order chi connectivity index (χ0) is 14.0. The van der Waals surface area contributed by atoms with Gasteiger partial charge < -0.3 is 9.88 Å². The van der Waals surface area contributed by atoms with Crippen LogP contribution in [0.2, 0.25) is 0 Å². The number of imidazole rings is 1. The molecule has 3 heterocycles. The Labute approximate surface area is 118 Å². The monoisotopic (exact) mass is 271 g/mol. The third-order valence-corrected chi connectivity index (χ3v) is 4.89. The topological polar surface area (TPSA) is 57.7 Å². The highest BCUT2D eigenvalue weighted by molar-refractivity contribution is 5.83. The molecule has 1 aliphatic carbocycles. The normalized spacial score (nSPS) is 31.9. The fourth-order valence-electron chi connectivity index (χ4n) is 4.68. The molecule has 20 heavy (non-hydrogen) atoms. The van der Waals surface area contributed by atoms with E-state index in [0.29, 0.717) is 16.9 Å². The van der Waals surface area contributed by atoms with Crippen LogP contribution in [0.3, 0.4) is 0 Å². The first-order chi connectivity index (χ1) is 9.46. The van der Waals surface area contributed by atoms with Gasteiger partial charge in [-0.05, 0) is 30.1 Å². The lowest BCUT2D eigenvalue weighted by molar-refractivity contribution is 0.136. The second-order valence-corrected chi connectivity index (χ2v) is 7.64. The Balaban J connectivity index is 1.79. The van der Waals surface area contributed by atoms with Crippen molar-refractivity contribution >= 4 is 17.0 Å². The number of nitrogens with zero attached hydrogens (tertiary/aromatic N) is 4. The minimum atomic E-state index is 0.406. The third kappa shape index (κ3) is 1.72. The molecule has 2 aromatic heterocycles. The predicted molar refractivity (Wildman–Crippen MR) is 78.6 cm³/mol. The van der Waals surface area contributed by atoms with Gasteiger partial charge in [-0.2, -0.15) is 0 Å². The van der Waals surface area contributed by atoms with E-state index in [2.05, 4.69) is 45.6 Å². The molecule has 0 amide bonds. The van der Waals surface area contributed by atoms with Crippen LogP contribution in [-0.2, 0) is 0 Å². The average Bonchev–Trinajstić information content (AvgIpc) is 2.89. The van der Waals surface area contributed by atoms with Gasteiger partial charge in [0.25, 0.3) is 0 Å². The first-order valence-corrected chi connectivity index (χ1v) is 7.37. The van der Waals surface area contributed by atoms with Gasteiger partial charge >= 0.3 is 0 Å². The summed E-state index contributed by atoms with van der Waals surface area (Å²) >= 11 is 0. The lowest BCUT2D eigenvalue weighted by Crippen LogP contribution is -2.35. The lowest BCUT2D eigenvalue weighted by atomic mass is 9.65. The Hall–Kier alpha value is -1.65. The molecule has 5 nitrogen and oxygen atoms in total. The van der Waals surface area contributed by atoms with Crippen LogP contribution in [0.25, 0.3) is 11.2 Å². The molecule has 4 rings (SSSR count). The van der Waals surface area contributed by atoms with E-state index in [9.17, 15) is 0 Å². The summed E-state index contributed by atoms with van der Waals surface area (Å²) in [6.07, 6.45) is 7.15. The highest BCUT2D eigenvalue weighted by Crippen LogP contribution is 2.53. The van der Waals surface area contributed by atoms with Crippen LogP contribution in [-0.4, -0.2) is 32.5 Å². The maximum Gasteiger partial charge on any atom is 0.182 e. The van der Waals surface area contributed by atoms with E-state index in [1.165, 1.54) is 19.3 Å². The molecule has 2 atom stereocenters. The molecule has 2 fully saturated rings. The first-order valence-electron chi connectivity index (χ1n) is 7.37. The summed E-state index contributed by atoms with van der Waals surface area (Å²) < 4.78 is 0. The predicted octanol–water partition coefficient (Wildman–Crippen LogP) is 2.76. The Morgan fingerprint density at radius 3 is 2.90 bits per heavy atom. The molecule has 0 unspecified atom stereocenters. The van der Waals surface area contributed by atoms with Crippen molar-refractivity contribution in [2.45, 2.75) is 46.1 Å². The minimum absolute atomic E-state index is 0.406. The highest BCUT2D eigenvalue weighted by Gasteiger charge is 2.50. The molecule has 5 heteroatoms. The van der Waals surface area contributed by atoms with Crippen molar-refractivity contribution in [2.24, 2.45) is 10.8 Å². The molecule has 0 radical (unpaired) electrons. The van der Waals surface area contributed by atoms with Crippen molar-refractivity contribution in [3.8, 4) is 0 Å². The van der Waals surface area contributed by atoms with Crippen LogP contribution in [0, 0.1) is 10.8 Å². The molecular formula is C15H21N5. The number of rotatable bonds is 1. The van der Waals surface area contributed by atoms with Gasteiger partial charge in [-0.3, -0.25) is 0 Å². The van der Waals surface area contributed by atoms with E-state index >= 15 is 0 Å². The number of fused-ring (bicyclic) bond motifs is 3. The van der Waals surface area contributed by atoms with Gasteiger partial charge in [0.15, 0.2) is 11.5 Å². The smallest absolute Gasteiger partial charge is 0.182 e. The molecule has 1 N–H and O–H groups in total. The van der Waals surface area contributed by atoms with Crippen molar-refractivity contribution in [2.75, 3.05) is 11.4 Å². The number of anilines is 1. The van der Waals surface area contributed by atoms with Gasteiger partial charge in [0, 0.05) is 12.6 Å². The van der Waals surface area contributed by atoms with Gasteiger partial charge in [-0.25, -0.2) is 15.0 Å². The zero-order valence-electron chi connectivity index (χ0n) is 12.3. The van der Waals surface area contributed by atoms with Crippen LogP contribution >= 0.6 is 0 Å². The Morgan fingerprint density at radius 2 is 2.05 bits per heavy atom.